The first kappa shape index (κ1) is 23.8. The van der Waals surface area contributed by atoms with Gasteiger partial charge in [0.05, 0.1) is 26.9 Å². The zero-order valence-electron chi connectivity index (χ0n) is 15.7. The van der Waals surface area contributed by atoms with Crippen LogP contribution >= 0.6 is 24.0 Å². The van der Waals surface area contributed by atoms with Crippen molar-refractivity contribution in [2.24, 2.45) is 4.99 Å². The van der Waals surface area contributed by atoms with E-state index in [9.17, 15) is 5.11 Å². The number of ether oxygens (including phenoxy) is 2. The van der Waals surface area contributed by atoms with Gasteiger partial charge in [-0.15, -0.1) is 24.0 Å². The average molecular weight is 465 g/mol. The fraction of sp³-hybridized carbons (Fsp3) is 0.611. The summed E-state index contributed by atoms with van der Waals surface area (Å²) >= 11 is 0. The fourth-order valence-corrected chi connectivity index (χ4v) is 2.27. The van der Waals surface area contributed by atoms with Crippen molar-refractivity contribution in [1.82, 2.24) is 10.6 Å². The molecule has 25 heavy (non-hydrogen) atoms. The van der Waals surface area contributed by atoms with Crippen molar-refractivity contribution < 1.29 is 14.6 Å². The maximum Gasteiger partial charge on any atom is 0.191 e. The molecule has 0 fully saturated rings. The van der Waals surface area contributed by atoms with Gasteiger partial charge in [-0.05, 0) is 31.0 Å². The lowest BCUT2D eigenvalue weighted by atomic mass is 10.1. The summed E-state index contributed by atoms with van der Waals surface area (Å²) in [5, 5.41) is 16.8. The van der Waals surface area contributed by atoms with Crippen molar-refractivity contribution in [2.75, 3.05) is 33.9 Å². The van der Waals surface area contributed by atoms with E-state index >= 15 is 0 Å². The average Bonchev–Trinajstić information content (AvgIpc) is 2.62. The minimum atomic E-state index is -0.698. The van der Waals surface area contributed by atoms with Crippen LogP contribution in [0.5, 0.6) is 11.5 Å². The van der Waals surface area contributed by atoms with E-state index in [0.29, 0.717) is 11.5 Å². The van der Waals surface area contributed by atoms with Crippen LogP contribution in [0.4, 0.5) is 0 Å². The van der Waals surface area contributed by atoms with Crippen LogP contribution in [0.3, 0.4) is 0 Å². The molecule has 0 spiro atoms. The normalized spacial score (nSPS) is 12.1. The molecular weight excluding hydrogens is 433 g/mol. The number of methoxy groups -OCH3 is 2. The first-order chi connectivity index (χ1) is 11.7. The molecule has 0 amide bonds. The maximum atomic E-state index is 10.4. The summed E-state index contributed by atoms with van der Waals surface area (Å²) in [6.45, 7) is 6.14. The maximum absolute atomic E-state index is 10.4. The Hall–Kier alpha value is -1.22. The number of aliphatic hydroxyl groups excluding tert-OH is 1. The molecule has 1 aromatic rings. The van der Waals surface area contributed by atoms with Gasteiger partial charge in [-0.2, -0.15) is 0 Å². The molecule has 0 heterocycles. The van der Waals surface area contributed by atoms with Gasteiger partial charge in [0, 0.05) is 13.1 Å². The molecule has 144 valence electrons. The SMILES string of the molecule is CCCCCNC(=NCC(O)c1ccc(OC)c(OC)c1)NCC.I. The molecule has 3 N–H and O–H groups in total. The molecule has 0 aromatic heterocycles. The van der Waals surface area contributed by atoms with Crippen molar-refractivity contribution in [2.45, 2.75) is 39.2 Å². The summed E-state index contributed by atoms with van der Waals surface area (Å²) in [6, 6.07) is 5.39. The van der Waals surface area contributed by atoms with Gasteiger partial charge < -0.3 is 25.2 Å². The highest BCUT2D eigenvalue weighted by Gasteiger charge is 2.11. The molecule has 7 heteroatoms. The number of aliphatic hydroxyl groups is 1. The lowest BCUT2D eigenvalue weighted by Crippen LogP contribution is -2.38. The molecule has 1 atom stereocenters. The van der Waals surface area contributed by atoms with Gasteiger partial charge in [-0.1, -0.05) is 25.8 Å². The van der Waals surface area contributed by atoms with E-state index in [0.717, 1.165) is 31.0 Å². The molecule has 0 radical (unpaired) electrons. The molecule has 0 aliphatic heterocycles. The quantitative estimate of drug-likeness (QED) is 0.214. The van der Waals surface area contributed by atoms with Crippen LogP contribution in [0.2, 0.25) is 0 Å². The molecule has 0 saturated carbocycles. The Labute approximate surface area is 168 Å². The summed E-state index contributed by atoms with van der Waals surface area (Å²) < 4.78 is 10.5. The molecule has 1 aromatic carbocycles. The lowest BCUT2D eigenvalue weighted by molar-refractivity contribution is 0.186. The Morgan fingerprint density at radius 1 is 1.12 bits per heavy atom. The van der Waals surface area contributed by atoms with Crippen LogP contribution in [0.15, 0.2) is 23.2 Å². The second-order valence-electron chi connectivity index (χ2n) is 5.48. The van der Waals surface area contributed by atoms with E-state index in [4.69, 9.17) is 9.47 Å². The summed E-state index contributed by atoms with van der Waals surface area (Å²) in [6.07, 6.45) is 2.80. The van der Waals surface area contributed by atoms with E-state index in [2.05, 4.69) is 22.5 Å². The van der Waals surface area contributed by atoms with Crippen molar-refractivity contribution in [3.63, 3.8) is 0 Å². The number of guanidine groups is 1. The molecule has 0 bridgehead atoms. The van der Waals surface area contributed by atoms with Gasteiger partial charge in [-0.3, -0.25) is 4.99 Å². The first-order valence-electron chi connectivity index (χ1n) is 8.58. The largest absolute Gasteiger partial charge is 0.493 e. The first-order valence-corrected chi connectivity index (χ1v) is 8.58. The van der Waals surface area contributed by atoms with E-state index in [1.54, 1.807) is 26.4 Å². The fourth-order valence-electron chi connectivity index (χ4n) is 2.27. The number of benzene rings is 1. The summed E-state index contributed by atoms with van der Waals surface area (Å²) in [5.41, 5.74) is 0.748. The van der Waals surface area contributed by atoms with E-state index in [1.165, 1.54) is 12.8 Å². The summed E-state index contributed by atoms with van der Waals surface area (Å²) in [7, 11) is 3.17. The Kier molecular flexibility index (Phi) is 13.3. The van der Waals surface area contributed by atoms with Gasteiger partial charge >= 0.3 is 0 Å². The standard InChI is InChI=1S/C18H31N3O3.HI/c1-5-7-8-11-20-18(19-6-2)21-13-15(22)14-9-10-16(23-3)17(12-14)24-4;/h9-10,12,15,22H,5-8,11,13H2,1-4H3,(H2,19,20,21);1H. The van der Waals surface area contributed by atoms with Crippen molar-refractivity contribution in [3.05, 3.63) is 23.8 Å². The lowest BCUT2D eigenvalue weighted by Gasteiger charge is -2.15. The van der Waals surface area contributed by atoms with Crippen molar-refractivity contribution >= 4 is 29.9 Å². The van der Waals surface area contributed by atoms with Gasteiger partial charge in [0.1, 0.15) is 0 Å². The monoisotopic (exact) mass is 465 g/mol. The van der Waals surface area contributed by atoms with Gasteiger partial charge in [0.15, 0.2) is 17.5 Å². The Morgan fingerprint density at radius 3 is 2.44 bits per heavy atom. The molecular formula is C18H32IN3O3. The van der Waals surface area contributed by atoms with E-state index in [-0.39, 0.29) is 30.5 Å². The van der Waals surface area contributed by atoms with Crippen LogP contribution in [0, 0.1) is 0 Å². The van der Waals surface area contributed by atoms with E-state index in [1.807, 2.05) is 13.0 Å². The highest BCUT2D eigenvalue weighted by atomic mass is 127. The Morgan fingerprint density at radius 2 is 1.84 bits per heavy atom. The topological polar surface area (TPSA) is 75.1 Å². The number of nitrogens with zero attached hydrogens (tertiary/aromatic N) is 1. The van der Waals surface area contributed by atoms with Crippen LogP contribution in [-0.2, 0) is 0 Å². The van der Waals surface area contributed by atoms with Gasteiger partial charge in [-0.25, -0.2) is 0 Å². The Bertz CT molecular complexity index is 512. The van der Waals surface area contributed by atoms with Crippen LogP contribution in [0.1, 0.15) is 44.8 Å². The zero-order chi connectivity index (χ0) is 17.8. The molecule has 1 unspecified atom stereocenters. The second-order valence-corrected chi connectivity index (χ2v) is 5.48. The molecule has 0 aliphatic carbocycles. The molecule has 6 nitrogen and oxygen atoms in total. The number of unbranched alkanes of at least 4 members (excludes halogenated alkanes) is 2. The third-order valence-electron chi connectivity index (χ3n) is 3.63. The highest BCUT2D eigenvalue weighted by Crippen LogP contribution is 2.29. The summed E-state index contributed by atoms with van der Waals surface area (Å²) in [4.78, 5) is 4.46. The zero-order valence-corrected chi connectivity index (χ0v) is 18.0. The number of hydrogen-bond donors (Lipinski definition) is 3. The third kappa shape index (κ3) is 8.62. The Balaban J connectivity index is 0.00000576. The number of nitrogens with one attached hydrogen (secondary N) is 2. The number of hydrogen-bond acceptors (Lipinski definition) is 4. The predicted octanol–water partition coefficient (Wildman–Crippen LogP) is 3.10. The van der Waals surface area contributed by atoms with Crippen LogP contribution in [-0.4, -0.2) is 44.9 Å². The smallest absolute Gasteiger partial charge is 0.191 e. The minimum absolute atomic E-state index is 0. The highest BCUT2D eigenvalue weighted by molar-refractivity contribution is 14.0. The van der Waals surface area contributed by atoms with Gasteiger partial charge in [0.25, 0.3) is 0 Å². The van der Waals surface area contributed by atoms with Crippen LogP contribution in [0.25, 0.3) is 0 Å². The second kappa shape index (κ2) is 14.0. The number of halogens is 1. The molecule has 1 rings (SSSR count). The van der Waals surface area contributed by atoms with Gasteiger partial charge in [0.2, 0.25) is 0 Å². The summed E-state index contributed by atoms with van der Waals surface area (Å²) in [5.74, 6) is 1.97. The van der Waals surface area contributed by atoms with E-state index < -0.39 is 6.10 Å². The molecule has 0 aliphatic rings. The van der Waals surface area contributed by atoms with Crippen molar-refractivity contribution in [1.29, 1.82) is 0 Å². The minimum Gasteiger partial charge on any atom is -0.493 e. The number of aliphatic imine (C=N–C) groups is 1. The molecule has 0 saturated heterocycles. The van der Waals surface area contributed by atoms with Crippen LogP contribution < -0.4 is 20.1 Å². The predicted molar refractivity (Wildman–Crippen MR) is 113 cm³/mol. The van der Waals surface area contributed by atoms with Crippen molar-refractivity contribution in [3.8, 4) is 11.5 Å². The third-order valence-corrected chi connectivity index (χ3v) is 3.63. The number of rotatable bonds is 10.